The van der Waals surface area contributed by atoms with Gasteiger partial charge in [-0.25, -0.2) is 19.7 Å². The zero-order valence-corrected chi connectivity index (χ0v) is 10.4. The van der Waals surface area contributed by atoms with E-state index in [-0.39, 0.29) is 5.97 Å². The van der Waals surface area contributed by atoms with Gasteiger partial charge in [0.05, 0.1) is 26.6 Å². The molecule has 0 aromatic carbocycles. The van der Waals surface area contributed by atoms with Crippen LogP contribution in [-0.4, -0.2) is 58.8 Å². The SMILES string of the molecule is COC(=O)C1CN(c2ncnc3nc[nH]c23)CCO1. The zero-order valence-electron chi connectivity index (χ0n) is 10.4. The number of hydrogen-bond acceptors (Lipinski definition) is 7. The van der Waals surface area contributed by atoms with Crippen molar-refractivity contribution in [1.82, 2.24) is 19.9 Å². The molecule has 0 radical (unpaired) electrons. The van der Waals surface area contributed by atoms with Gasteiger partial charge in [-0.15, -0.1) is 0 Å². The van der Waals surface area contributed by atoms with Crippen molar-refractivity contribution in [2.24, 2.45) is 0 Å². The Balaban J connectivity index is 1.89. The lowest BCUT2D eigenvalue weighted by Crippen LogP contribution is -2.47. The second-order valence-corrected chi connectivity index (χ2v) is 4.13. The van der Waals surface area contributed by atoms with Crippen LogP contribution in [0, 0.1) is 0 Å². The predicted octanol–water partition coefficient (Wildman–Crippen LogP) is -0.269. The van der Waals surface area contributed by atoms with Crippen LogP contribution in [0.5, 0.6) is 0 Å². The number of morpholine rings is 1. The summed E-state index contributed by atoms with van der Waals surface area (Å²) in [6.07, 6.45) is 2.44. The molecular weight excluding hydrogens is 250 g/mol. The molecule has 0 aliphatic carbocycles. The van der Waals surface area contributed by atoms with Crippen molar-refractivity contribution in [3.8, 4) is 0 Å². The average molecular weight is 263 g/mol. The number of aromatic amines is 1. The minimum Gasteiger partial charge on any atom is -0.467 e. The highest BCUT2D eigenvalue weighted by Crippen LogP contribution is 2.21. The summed E-state index contributed by atoms with van der Waals surface area (Å²) in [6, 6.07) is 0. The van der Waals surface area contributed by atoms with Crippen LogP contribution in [0.25, 0.3) is 11.2 Å². The summed E-state index contributed by atoms with van der Waals surface area (Å²) in [5.41, 5.74) is 1.36. The van der Waals surface area contributed by atoms with Gasteiger partial charge in [0.25, 0.3) is 0 Å². The van der Waals surface area contributed by atoms with Crippen LogP contribution in [0.4, 0.5) is 5.82 Å². The molecule has 3 rings (SSSR count). The normalized spacial score (nSPS) is 19.6. The number of esters is 1. The summed E-state index contributed by atoms with van der Waals surface area (Å²) in [6.45, 7) is 1.50. The Morgan fingerprint density at radius 2 is 2.42 bits per heavy atom. The number of fused-ring (bicyclic) bond motifs is 1. The molecule has 8 nitrogen and oxygen atoms in total. The number of nitrogens with one attached hydrogen (secondary N) is 1. The number of carbonyl (C=O) groups is 1. The Hall–Kier alpha value is -2.22. The van der Waals surface area contributed by atoms with E-state index < -0.39 is 6.10 Å². The van der Waals surface area contributed by atoms with Gasteiger partial charge < -0.3 is 19.4 Å². The zero-order chi connectivity index (χ0) is 13.2. The van der Waals surface area contributed by atoms with Crippen LogP contribution in [0.15, 0.2) is 12.7 Å². The molecule has 1 aliphatic rings. The van der Waals surface area contributed by atoms with Crippen molar-refractivity contribution >= 4 is 23.0 Å². The van der Waals surface area contributed by atoms with Crippen LogP contribution in [0.2, 0.25) is 0 Å². The number of aromatic nitrogens is 4. The van der Waals surface area contributed by atoms with E-state index in [1.54, 1.807) is 6.33 Å². The van der Waals surface area contributed by atoms with E-state index in [4.69, 9.17) is 9.47 Å². The number of methoxy groups -OCH3 is 1. The number of H-pyrrole nitrogens is 1. The summed E-state index contributed by atoms with van der Waals surface area (Å²) in [7, 11) is 1.35. The van der Waals surface area contributed by atoms with Gasteiger partial charge in [-0.2, -0.15) is 0 Å². The molecule has 3 heterocycles. The fourth-order valence-electron chi connectivity index (χ4n) is 2.11. The van der Waals surface area contributed by atoms with Crippen molar-refractivity contribution in [2.45, 2.75) is 6.10 Å². The Morgan fingerprint density at radius 3 is 3.26 bits per heavy atom. The summed E-state index contributed by atoms with van der Waals surface area (Å²) in [5, 5.41) is 0. The molecule has 0 spiro atoms. The van der Waals surface area contributed by atoms with E-state index in [1.807, 2.05) is 4.90 Å². The number of imidazole rings is 1. The average Bonchev–Trinajstić information content (AvgIpc) is 2.94. The van der Waals surface area contributed by atoms with E-state index in [9.17, 15) is 4.79 Å². The van der Waals surface area contributed by atoms with Crippen molar-refractivity contribution in [3.63, 3.8) is 0 Å². The molecule has 100 valence electrons. The smallest absolute Gasteiger partial charge is 0.336 e. The molecule has 0 bridgehead atoms. The highest BCUT2D eigenvalue weighted by atomic mass is 16.6. The first-order chi connectivity index (χ1) is 9.29. The van der Waals surface area contributed by atoms with E-state index in [1.165, 1.54) is 13.4 Å². The van der Waals surface area contributed by atoms with Gasteiger partial charge in [-0.1, -0.05) is 0 Å². The van der Waals surface area contributed by atoms with Gasteiger partial charge in [0, 0.05) is 6.54 Å². The standard InChI is InChI=1S/C11H13N5O3/c1-18-11(17)7-4-16(2-3-19-7)10-8-9(13-5-12-8)14-6-15-10/h5-7H,2-4H2,1H3,(H,12,13,14,15). The lowest BCUT2D eigenvalue weighted by molar-refractivity contribution is -0.154. The van der Waals surface area contributed by atoms with E-state index in [2.05, 4.69) is 19.9 Å². The Bertz CT molecular complexity index is 599. The van der Waals surface area contributed by atoms with Crippen LogP contribution in [0.3, 0.4) is 0 Å². The maximum Gasteiger partial charge on any atom is 0.336 e. The third-order valence-electron chi connectivity index (χ3n) is 3.03. The van der Waals surface area contributed by atoms with Crippen LogP contribution < -0.4 is 4.90 Å². The fraction of sp³-hybridized carbons (Fsp3) is 0.455. The van der Waals surface area contributed by atoms with Crippen LogP contribution >= 0.6 is 0 Å². The molecule has 1 N–H and O–H groups in total. The monoisotopic (exact) mass is 263 g/mol. The first-order valence-corrected chi connectivity index (χ1v) is 5.88. The molecule has 2 aromatic rings. The van der Waals surface area contributed by atoms with Crippen molar-refractivity contribution in [3.05, 3.63) is 12.7 Å². The Kier molecular flexibility index (Phi) is 3.00. The van der Waals surface area contributed by atoms with Crippen molar-refractivity contribution in [1.29, 1.82) is 0 Å². The second kappa shape index (κ2) is 4.81. The lowest BCUT2D eigenvalue weighted by Gasteiger charge is -2.32. The third kappa shape index (κ3) is 2.10. The number of ether oxygens (including phenoxy) is 2. The number of nitrogens with zero attached hydrogens (tertiary/aromatic N) is 4. The Morgan fingerprint density at radius 1 is 1.53 bits per heavy atom. The number of anilines is 1. The largest absolute Gasteiger partial charge is 0.467 e. The maximum atomic E-state index is 11.5. The maximum absolute atomic E-state index is 11.5. The fourth-order valence-corrected chi connectivity index (χ4v) is 2.11. The van der Waals surface area contributed by atoms with Gasteiger partial charge in [-0.05, 0) is 0 Å². The summed E-state index contributed by atoms with van der Waals surface area (Å²) >= 11 is 0. The topological polar surface area (TPSA) is 93.2 Å². The summed E-state index contributed by atoms with van der Waals surface area (Å²) < 4.78 is 10.1. The molecule has 1 fully saturated rings. The molecule has 2 aromatic heterocycles. The van der Waals surface area contributed by atoms with Gasteiger partial charge in [0.1, 0.15) is 11.8 Å². The highest BCUT2D eigenvalue weighted by molar-refractivity contribution is 5.83. The summed E-state index contributed by atoms with van der Waals surface area (Å²) in [4.78, 5) is 28.9. The first kappa shape index (κ1) is 11.8. The molecule has 1 saturated heterocycles. The number of carbonyl (C=O) groups excluding carboxylic acids is 1. The van der Waals surface area contributed by atoms with Crippen molar-refractivity contribution in [2.75, 3.05) is 31.7 Å². The van der Waals surface area contributed by atoms with Crippen LogP contribution in [0.1, 0.15) is 0 Å². The lowest BCUT2D eigenvalue weighted by atomic mass is 10.2. The first-order valence-electron chi connectivity index (χ1n) is 5.88. The van der Waals surface area contributed by atoms with E-state index in [0.717, 1.165) is 11.3 Å². The molecule has 0 amide bonds. The van der Waals surface area contributed by atoms with Gasteiger partial charge in [0.2, 0.25) is 0 Å². The molecule has 1 atom stereocenters. The van der Waals surface area contributed by atoms with E-state index in [0.29, 0.717) is 25.3 Å². The Labute approximate surface area is 108 Å². The molecule has 8 heteroatoms. The molecular formula is C11H13N5O3. The van der Waals surface area contributed by atoms with Crippen LogP contribution in [-0.2, 0) is 14.3 Å². The minimum absolute atomic E-state index is 0.375. The van der Waals surface area contributed by atoms with E-state index >= 15 is 0 Å². The predicted molar refractivity (Wildman–Crippen MR) is 65.7 cm³/mol. The molecule has 19 heavy (non-hydrogen) atoms. The van der Waals surface area contributed by atoms with Gasteiger partial charge in [0.15, 0.2) is 17.6 Å². The van der Waals surface area contributed by atoms with Gasteiger partial charge in [-0.3, -0.25) is 0 Å². The quantitative estimate of drug-likeness (QED) is 0.745. The molecule has 1 unspecified atom stereocenters. The minimum atomic E-state index is -0.591. The number of rotatable bonds is 2. The van der Waals surface area contributed by atoms with Gasteiger partial charge >= 0.3 is 5.97 Å². The highest BCUT2D eigenvalue weighted by Gasteiger charge is 2.29. The molecule has 1 aliphatic heterocycles. The van der Waals surface area contributed by atoms with Crippen molar-refractivity contribution < 1.29 is 14.3 Å². The summed E-state index contributed by atoms with van der Waals surface area (Å²) in [5.74, 6) is 0.347. The second-order valence-electron chi connectivity index (χ2n) is 4.13. The molecule has 0 saturated carbocycles. The number of hydrogen-bond donors (Lipinski definition) is 1. The third-order valence-corrected chi connectivity index (χ3v) is 3.03.